The largest absolute Gasteiger partial charge is 0.349 e. The summed E-state index contributed by atoms with van der Waals surface area (Å²) in [6.07, 6.45) is 20.0. The Morgan fingerprint density at radius 2 is 1.59 bits per heavy atom. The van der Waals surface area contributed by atoms with Gasteiger partial charge in [0, 0.05) is 75.9 Å². The van der Waals surface area contributed by atoms with Crippen molar-refractivity contribution in [2.24, 2.45) is 11.3 Å². The fourth-order valence-electron chi connectivity index (χ4n) is 7.66. The number of amides is 1. The molecule has 0 atom stereocenters. The zero-order chi connectivity index (χ0) is 28.1. The second kappa shape index (κ2) is 12.9. The van der Waals surface area contributed by atoms with Crippen LogP contribution in [0.4, 0.5) is 5.69 Å². The number of piperidine rings is 1. The number of aromatic nitrogens is 4. The van der Waals surface area contributed by atoms with Crippen LogP contribution in [0.3, 0.4) is 0 Å². The number of nitrogens with one attached hydrogen (secondary N) is 2. The Kier molecular flexibility index (Phi) is 8.87. The predicted octanol–water partition coefficient (Wildman–Crippen LogP) is 5.21. The van der Waals surface area contributed by atoms with Crippen molar-refractivity contribution < 1.29 is 4.79 Å². The first-order chi connectivity index (χ1) is 20.1. The van der Waals surface area contributed by atoms with Gasteiger partial charge in [-0.05, 0) is 80.8 Å². The summed E-state index contributed by atoms with van der Waals surface area (Å²) in [5.41, 5.74) is 2.81. The molecule has 2 aromatic heterocycles. The zero-order valence-corrected chi connectivity index (χ0v) is 24.7. The maximum Gasteiger partial charge on any atom is 0.223 e. The number of hydrogen-bond donors (Lipinski definition) is 2. The van der Waals surface area contributed by atoms with E-state index in [4.69, 9.17) is 0 Å². The summed E-state index contributed by atoms with van der Waals surface area (Å²) in [5, 5.41) is 0. The van der Waals surface area contributed by atoms with E-state index in [-0.39, 0.29) is 11.8 Å². The third kappa shape index (κ3) is 7.09. The molecule has 1 saturated carbocycles. The van der Waals surface area contributed by atoms with Crippen LogP contribution < -0.4 is 4.90 Å². The second-order valence-electron chi connectivity index (χ2n) is 12.9. The van der Waals surface area contributed by atoms with Crippen LogP contribution >= 0.6 is 0 Å². The van der Waals surface area contributed by atoms with Gasteiger partial charge >= 0.3 is 0 Å². The van der Waals surface area contributed by atoms with Crippen LogP contribution in [0.2, 0.25) is 0 Å². The van der Waals surface area contributed by atoms with E-state index in [0.29, 0.717) is 12.0 Å². The summed E-state index contributed by atoms with van der Waals surface area (Å²) in [4.78, 5) is 35.5. The van der Waals surface area contributed by atoms with Crippen LogP contribution in [0.5, 0.6) is 0 Å². The first kappa shape index (κ1) is 28.2. The Balaban J connectivity index is 1.05. The fourth-order valence-corrected chi connectivity index (χ4v) is 7.66. The summed E-state index contributed by atoms with van der Waals surface area (Å²) in [5.74, 6) is 2.11. The molecule has 4 heterocycles. The number of rotatable bonds is 10. The van der Waals surface area contributed by atoms with Gasteiger partial charge < -0.3 is 19.8 Å². The molecule has 2 N–H and O–H groups in total. The van der Waals surface area contributed by atoms with Crippen molar-refractivity contribution in [3.05, 3.63) is 66.3 Å². The Morgan fingerprint density at radius 1 is 0.951 bits per heavy atom. The molecule has 0 radical (unpaired) electrons. The number of aromatic amines is 2. The molecule has 1 amide bonds. The van der Waals surface area contributed by atoms with Gasteiger partial charge in [-0.15, -0.1) is 0 Å². The third-order valence-electron chi connectivity index (χ3n) is 10.0. The minimum atomic E-state index is 0.0580. The van der Waals surface area contributed by atoms with Crippen LogP contribution in [-0.2, 0) is 24.2 Å². The molecule has 0 bridgehead atoms. The van der Waals surface area contributed by atoms with E-state index < -0.39 is 0 Å². The van der Waals surface area contributed by atoms with E-state index in [1.165, 1.54) is 83.1 Å². The summed E-state index contributed by atoms with van der Waals surface area (Å²) in [7, 11) is 0. The smallest absolute Gasteiger partial charge is 0.223 e. The zero-order valence-electron chi connectivity index (χ0n) is 24.7. The molecule has 6 rings (SSSR count). The second-order valence-corrected chi connectivity index (χ2v) is 12.9. The number of carbonyl (C=O) groups excluding carboxylic acids is 1. The van der Waals surface area contributed by atoms with Crippen LogP contribution in [0.15, 0.2) is 49.1 Å². The van der Waals surface area contributed by atoms with E-state index in [0.717, 1.165) is 42.8 Å². The lowest BCUT2D eigenvalue weighted by Gasteiger charge is -2.43. The van der Waals surface area contributed by atoms with Gasteiger partial charge in [0.1, 0.15) is 11.6 Å². The molecule has 2 saturated heterocycles. The molecule has 1 aromatic carbocycles. The van der Waals surface area contributed by atoms with Crippen LogP contribution in [0.25, 0.3) is 0 Å². The Labute approximate surface area is 244 Å². The van der Waals surface area contributed by atoms with Gasteiger partial charge in [0.25, 0.3) is 0 Å². The van der Waals surface area contributed by atoms with Crippen molar-refractivity contribution in [3.8, 4) is 0 Å². The quantitative estimate of drug-likeness (QED) is 0.358. The minimum Gasteiger partial charge on any atom is -0.349 e. The Bertz CT molecular complexity index is 1170. The molecule has 3 aliphatic rings. The number of nitrogens with zero attached hydrogens (tertiary/aromatic N) is 5. The summed E-state index contributed by atoms with van der Waals surface area (Å²) >= 11 is 0. The molecule has 8 nitrogen and oxygen atoms in total. The monoisotopic (exact) mass is 557 g/mol. The topological polar surface area (TPSA) is 84.1 Å². The van der Waals surface area contributed by atoms with Crippen molar-refractivity contribution in [1.29, 1.82) is 0 Å². The van der Waals surface area contributed by atoms with Gasteiger partial charge in [-0.1, -0.05) is 31.4 Å². The molecule has 220 valence electrons. The molecular formula is C33H47N7O. The van der Waals surface area contributed by atoms with Crippen molar-refractivity contribution in [1.82, 2.24) is 29.7 Å². The summed E-state index contributed by atoms with van der Waals surface area (Å²) < 4.78 is 0. The van der Waals surface area contributed by atoms with Crippen molar-refractivity contribution in [2.45, 2.75) is 83.7 Å². The van der Waals surface area contributed by atoms with Gasteiger partial charge in [0.2, 0.25) is 5.91 Å². The van der Waals surface area contributed by atoms with Crippen molar-refractivity contribution in [3.63, 3.8) is 0 Å². The molecule has 0 unspecified atom stereocenters. The lowest BCUT2D eigenvalue weighted by molar-refractivity contribution is -0.116. The molecule has 1 aliphatic carbocycles. The van der Waals surface area contributed by atoms with Crippen LogP contribution in [0.1, 0.15) is 75.5 Å². The summed E-state index contributed by atoms with van der Waals surface area (Å²) in [6, 6.07) is 9.55. The highest BCUT2D eigenvalue weighted by Crippen LogP contribution is 2.42. The maximum atomic E-state index is 12.8. The van der Waals surface area contributed by atoms with E-state index in [1.807, 2.05) is 17.3 Å². The van der Waals surface area contributed by atoms with Crippen molar-refractivity contribution in [2.75, 3.05) is 37.6 Å². The first-order valence-electron chi connectivity index (χ1n) is 15.9. The number of likely N-dealkylation sites (tertiary alicyclic amines) is 2. The van der Waals surface area contributed by atoms with Gasteiger partial charge in [-0.3, -0.25) is 9.69 Å². The molecule has 2 aliphatic heterocycles. The average molecular weight is 558 g/mol. The van der Waals surface area contributed by atoms with Gasteiger partial charge in [0.05, 0.1) is 0 Å². The van der Waals surface area contributed by atoms with Gasteiger partial charge in [-0.2, -0.15) is 0 Å². The van der Waals surface area contributed by atoms with Gasteiger partial charge in [0.15, 0.2) is 0 Å². The average Bonchev–Trinajstić information content (AvgIpc) is 3.77. The van der Waals surface area contributed by atoms with Gasteiger partial charge in [-0.25, -0.2) is 9.97 Å². The highest BCUT2D eigenvalue weighted by atomic mass is 16.2. The molecular weight excluding hydrogens is 510 g/mol. The SMILES string of the molecule is CC(=O)N(CC(Cc1ncc[nH]1)Cc1ncc[nH]1)c1ccc(CN2CCC3(CCN(C4CCCCC4)CC3)C2)cc1. The number of imidazole rings is 2. The minimum absolute atomic E-state index is 0.0580. The normalized spacial score (nSPS) is 20.2. The lowest BCUT2D eigenvalue weighted by Crippen LogP contribution is -2.46. The molecule has 3 aromatic rings. The van der Waals surface area contributed by atoms with E-state index in [2.05, 4.69) is 54.0 Å². The number of anilines is 1. The summed E-state index contributed by atoms with van der Waals surface area (Å²) in [6.45, 7) is 8.30. The molecule has 8 heteroatoms. The van der Waals surface area contributed by atoms with Crippen molar-refractivity contribution >= 4 is 11.6 Å². The van der Waals surface area contributed by atoms with E-state index in [1.54, 1.807) is 19.3 Å². The third-order valence-corrected chi connectivity index (χ3v) is 10.0. The standard InChI is InChI=1S/C33H47N7O/c1-26(41)40(24-28(21-31-34-14-15-35-31)22-32-36-16-17-37-32)30-9-7-27(8-10-30)23-38-18-11-33(25-38)12-19-39(20-13-33)29-5-3-2-4-6-29/h7-10,14-17,28-29H,2-6,11-13,18-25H2,1H3,(H,34,35)(H,36,37). The number of carbonyl (C=O) groups is 1. The van der Waals surface area contributed by atoms with Crippen LogP contribution in [0, 0.1) is 11.3 Å². The fraction of sp³-hybridized carbons (Fsp3) is 0.606. The lowest BCUT2D eigenvalue weighted by atomic mass is 9.77. The van der Waals surface area contributed by atoms with E-state index in [9.17, 15) is 4.79 Å². The highest BCUT2D eigenvalue weighted by molar-refractivity contribution is 5.91. The highest BCUT2D eigenvalue weighted by Gasteiger charge is 2.41. The Hall–Kier alpha value is -2.97. The molecule has 41 heavy (non-hydrogen) atoms. The number of H-pyrrole nitrogens is 2. The first-order valence-corrected chi connectivity index (χ1v) is 15.9. The number of benzene rings is 1. The Morgan fingerprint density at radius 3 is 2.17 bits per heavy atom. The predicted molar refractivity (Wildman–Crippen MR) is 163 cm³/mol. The van der Waals surface area contributed by atoms with E-state index >= 15 is 0 Å². The molecule has 1 spiro atoms. The maximum absolute atomic E-state index is 12.8. The molecule has 3 fully saturated rings. The number of hydrogen-bond acceptors (Lipinski definition) is 5. The van der Waals surface area contributed by atoms with Crippen LogP contribution in [-0.4, -0.2) is 74.4 Å².